The zero-order valence-electron chi connectivity index (χ0n) is 15.8. The number of aromatic nitrogens is 2. The Bertz CT molecular complexity index is 960. The molecule has 0 bridgehead atoms. The molecular weight excluding hydrogens is 336 g/mol. The van der Waals surface area contributed by atoms with E-state index in [0.717, 1.165) is 30.8 Å². The Labute approximate surface area is 159 Å². The topological polar surface area (TPSA) is 41.4 Å². The first-order valence-corrected chi connectivity index (χ1v) is 9.25. The van der Waals surface area contributed by atoms with Crippen LogP contribution in [0.1, 0.15) is 27.0 Å². The molecule has 3 aromatic rings. The predicted octanol–water partition coefficient (Wildman–Crippen LogP) is 3.13. The standard InChI is InChI=1S/C22H24N4O/c1-24(2)14-17-13-23-26(15-17)21-10-6-5-9-20(21)22(27)25-12-11-18-7-3-4-8-19(18)16-25/h3-10,13,15H,11-12,14,16H2,1-2H3. The van der Waals surface area contributed by atoms with Gasteiger partial charge in [-0.1, -0.05) is 36.4 Å². The monoisotopic (exact) mass is 360 g/mol. The van der Waals surface area contributed by atoms with Crippen LogP contribution < -0.4 is 0 Å². The van der Waals surface area contributed by atoms with Crippen molar-refractivity contribution in [2.75, 3.05) is 20.6 Å². The molecule has 1 aliphatic heterocycles. The molecule has 5 nitrogen and oxygen atoms in total. The second-order valence-corrected chi connectivity index (χ2v) is 7.29. The van der Waals surface area contributed by atoms with Crippen molar-refractivity contribution in [1.29, 1.82) is 0 Å². The summed E-state index contributed by atoms with van der Waals surface area (Å²) in [7, 11) is 4.06. The van der Waals surface area contributed by atoms with E-state index in [4.69, 9.17) is 0 Å². The third kappa shape index (κ3) is 3.64. The van der Waals surface area contributed by atoms with E-state index in [1.165, 1.54) is 11.1 Å². The van der Waals surface area contributed by atoms with Crippen LogP contribution in [0.4, 0.5) is 0 Å². The molecule has 1 aromatic heterocycles. The van der Waals surface area contributed by atoms with Crippen molar-refractivity contribution in [2.24, 2.45) is 0 Å². The maximum Gasteiger partial charge on any atom is 0.256 e. The number of benzene rings is 2. The first kappa shape index (κ1) is 17.5. The summed E-state index contributed by atoms with van der Waals surface area (Å²) in [4.78, 5) is 17.3. The number of carbonyl (C=O) groups is 1. The second-order valence-electron chi connectivity index (χ2n) is 7.29. The third-order valence-corrected chi connectivity index (χ3v) is 4.93. The van der Waals surface area contributed by atoms with Crippen LogP contribution in [-0.2, 0) is 19.5 Å². The number of nitrogens with zero attached hydrogens (tertiary/aromatic N) is 4. The molecule has 4 rings (SSSR count). The van der Waals surface area contributed by atoms with Gasteiger partial charge in [-0.05, 0) is 43.8 Å². The van der Waals surface area contributed by atoms with Gasteiger partial charge in [0, 0.05) is 31.4 Å². The van der Waals surface area contributed by atoms with Gasteiger partial charge in [-0.2, -0.15) is 5.10 Å². The molecule has 0 fully saturated rings. The highest BCUT2D eigenvalue weighted by atomic mass is 16.2. The Balaban J connectivity index is 1.61. The number of hydrogen-bond acceptors (Lipinski definition) is 3. The van der Waals surface area contributed by atoms with Crippen LogP contribution in [0.2, 0.25) is 0 Å². The normalized spacial score (nSPS) is 13.7. The lowest BCUT2D eigenvalue weighted by molar-refractivity contribution is 0.0734. The van der Waals surface area contributed by atoms with E-state index in [-0.39, 0.29) is 5.91 Å². The van der Waals surface area contributed by atoms with Gasteiger partial charge in [0.2, 0.25) is 0 Å². The number of para-hydroxylation sites is 1. The van der Waals surface area contributed by atoms with E-state index >= 15 is 0 Å². The van der Waals surface area contributed by atoms with Crippen LogP contribution in [0, 0.1) is 0 Å². The van der Waals surface area contributed by atoms with E-state index < -0.39 is 0 Å². The van der Waals surface area contributed by atoms with Crippen LogP contribution in [0.5, 0.6) is 0 Å². The largest absolute Gasteiger partial charge is 0.334 e. The quantitative estimate of drug-likeness (QED) is 0.718. The van der Waals surface area contributed by atoms with Crippen molar-refractivity contribution < 1.29 is 4.79 Å². The highest BCUT2D eigenvalue weighted by molar-refractivity contribution is 5.97. The Morgan fingerprint density at radius 3 is 2.63 bits per heavy atom. The minimum Gasteiger partial charge on any atom is -0.334 e. The molecule has 0 atom stereocenters. The van der Waals surface area contributed by atoms with Crippen LogP contribution in [0.15, 0.2) is 60.9 Å². The summed E-state index contributed by atoms with van der Waals surface area (Å²) >= 11 is 0. The second kappa shape index (κ2) is 7.37. The zero-order valence-corrected chi connectivity index (χ0v) is 15.8. The average molecular weight is 360 g/mol. The molecule has 1 aliphatic rings. The summed E-state index contributed by atoms with van der Waals surface area (Å²) in [5.74, 6) is 0.0600. The maximum absolute atomic E-state index is 13.3. The van der Waals surface area contributed by atoms with Crippen molar-refractivity contribution in [3.05, 3.63) is 83.2 Å². The van der Waals surface area contributed by atoms with Gasteiger partial charge in [-0.25, -0.2) is 4.68 Å². The fourth-order valence-electron chi connectivity index (χ4n) is 3.63. The molecule has 2 aromatic carbocycles. The van der Waals surface area contributed by atoms with E-state index in [1.54, 1.807) is 0 Å². The van der Waals surface area contributed by atoms with Gasteiger partial charge >= 0.3 is 0 Å². The molecule has 0 saturated carbocycles. The molecule has 0 aliphatic carbocycles. The molecule has 1 amide bonds. The minimum atomic E-state index is 0.0600. The molecule has 0 saturated heterocycles. The Morgan fingerprint density at radius 1 is 1.07 bits per heavy atom. The summed E-state index contributed by atoms with van der Waals surface area (Å²) in [6, 6.07) is 16.1. The van der Waals surface area contributed by atoms with Gasteiger partial charge in [-0.15, -0.1) is 0 Å². The number of amides is 1. The Hall–Kier alpha value is -2.92. The lowest BCUT2D eigenvalue weighted by atomic mass is 9.99. The highest BCUT2D eigenvalue weighted by Gasteiger charge is 2.23. The molecule has 2 heterocycles. The number of rotatable bonds is 4. The number of fused-ring (bicyclic) bond motifs is 1. The van der Waals surface area contributed by atoms with Crippen LogP contribution in [0.25, 0.3) is 5.69 Å². The predicted molar refractivity (Wildman–Crippen MR) is 106 cm³/mol. The van der Waals surface area contributed by atoms with Gasteiger partial charge in [0.25, 0.3) is 5.91 Å². The summed E-state index contributed by atoms with van der Waals surface area (Å²) in [6.45, 7) is 2.22. The fourth-order valence-corrected chi connectivity index (χ4v) is 3.63. The molecule has 0 unspecified atom stereocenters. The van der Waals surface area contributed by atoms with Gasteiger partial charge in [0.05, 0.1) is 17.4 Å². The van der Waals surface area contributed by atoms with Gasteiger partial charge in [-0.3, -0.25) is 4.79 Å². The van der Waals surface area contributed by atoms with Crippen LogP contribution >= 0.6 is 0 Å². The van der Waals surface area contributed by atoms with Crippen molar-refractivity contribution in [3.63, 3.8) is 0 Å². The number of hydrogen-bond donors (Lipinski definition) is 0. The number of carbonyl (C=O) groups excluding carboxylic acids is 1. The van der Waals surface area contributed by atoms with E-state index in [1.807, 2.05) is 66.4 Å². The summed E-state index contributed by atoms with van der Waals surface area (Å²) < 4.78 is 1.81. The third-order valence-electron chi connectivity index (χ3n) is 4.93. The molecule has 0 N–H and O–H groups in total. The van der Waals surface area contributed by atoms with Gasteiger partial charge in [0.1, 0.15) is 0 Å². The fraction of sp³-hybridized carbons (Fsp3) is 0.273. The van der Waals surface area contributed by atoms with E-state index in [0.29, 0.717) is 12.1 Å². The highest BCUT2D eigenvalue weighted by Crippen LogP contribution is 2.23. The molecule has 0 radical (unpaired) electrons. The van der Waals surface area contributed by atoms with E-state index in [9.17, 15) is 4.79 Å². The first-order valence-electron chi connectivity index (χ1n) is 9.25. The summed E-state index contributed by atoms with van der Waals surface area (Å²) in [6.07, 6.45) is 4.76. The van der Waals surface area contributed by atoms with Gasteiger partial charge < -0.3 is 9.80 Å². The minimum absolute atomic E-state index is 0.0600. The summed E-state index contributed by atoms with van der Waals surface area (Å²) in [5, 5.41) is 4.48. The van der Waals surface area contributed by atoms with E-state index in [2.05, 4.69) is 28.2 Å². The maximum atomic E-state index is 13.3. The molecule has 0 spiro atoms. The summed E-state index contributed by atoms with van der Waals surface area (Å²) in [5.41, 5.74) is 5.22. The lowest BCUT2D eigenvalue weighted by Gasteiger charge is -2.29. The van der Waals surface area contributed by atoms with Crippen molar-refractivity contribution in [1.82, 2.24) is 19.6 Å². The van der Waals surface area contributed by atoms with Crippen LogP contribution in [0.3, 0.4) is 0 Å². The molecule has 5 heteroatoms. The van der Waals surface area contributed by atoms with Crippen molar-refractivity contribution in [3.8, 4) is 5.69 Å². The molecular formula is C22H24N4O. The molecule has 27 heavy (non-hydrogen) atoms. The lowest BCUT2D eigenvalue weighted by Crippen LogP contribution is -2.36. The van der Waals surface area contributed by atoms with Crippen LogP contribution in [-0.4, -0.2) is 46.1 Å². The Morgan fingerprint density at radius 2 is 1.81 bits per heavy atom. The average Bonchev–Trinajstić information content (AvgIpc) is 3.14. The Kier molecular flexibility index (Phi) is 4.77. The SMILES string of the molecule is CN(C)Cc1cnn(-c2ccccc2C(=O)N2CCc3ccccc3C2)c1. The van der Waals surface area contributed by atoms with Crippen molar-refractivity contribution >= 4 is 5.91 Å². The molecule has 138 valence electrons. The first-order chi connectivity index (χ1) is 13.1. The van der Waals surface area contributed by atoms with Crippen molar-refractivity contribution in [2.45, 2.75) is 19.5 Å². The van der Waals surface area contributed by atoms with Gasteiger partial charge in [0.15, 0.2) is 0 Å². The smallest absolute Gasteiger partial charge is 0.256 e. The zero-order chi connectivity index (χ0) is 18.8.